The molecule has 0 bridgehead atoms. The molecule has 4 nitrogen and oxygen atoms in total. The van der Waals surface area contributed by atoms with E-state index in [1.54, 1.807) is 7.11 Å². The molecule has 0 saturated heterocycles. The molecule has 4 N–H and O–H groups in total. The number of aliphatic hydroxyl groups is 1. The number of benzene rings is 2. The van der Waals surface area contributed by atoms with E-state index in [9.17, 15) is 10.2 Å². The Morgan fingerprint density at radius 2 is 1.79 bits per heavy atom. The third kappa shape index (κ3) is 6.53. The molecule has 28 heavy (non-hydrogen) atoms. The zero-order valence-corrected chi connectivity index (χ0v) is 17.1. The molecular formula is C24H33NO3. The summed E-state index contributed by atoms with van der Waals surface area (Å²) in [6, 6.07) is 9.61. The number of unbranched alkanes of at least 4 members (excludes halogenated alkanes) is 6. The normalized spacial score (nSPS) is 13.1. The van der Waals surface area contributed by atoms with Crippen molar-refractivity contribution in [1.29, 1.82) is 0 Å². The molecule has 0 aliphatic heterocycles. The van der Waals surface area contributed by atoms with E-state index >= 15 is 0 Å². The van der Waals surface area contributed by atoms with Gasteiger partial charge < -0.3 is 20.7 Å². The molecule has 0 amide bonds. The first-order valence-corrected chi connectivity index (χ1v) is 10.3. The molecule has 2 aromatic rings. The average Bonchev–Trinajstić information content (AvgIpc) is 2.69. The zero-order valence-electron chi connectivity index (χ0n) is 17.1. The van der Waals surface area contributed by atoms with Crippen LogP contribution in [0.25, 0.3) is 10.8 Å². The summed E-state index contributed by atoms with van der Waals surface area (Å²) in [6.45, 7) is 2.23. The third-order valence-corrected chi connectivity index (χ3v) is 5.00. The van der Waals surface area contributed by atoms with Gasteiger partial charge in [-0.25, -0.2) is 0 Å². The number of aliphatic hydroxyl groups excluding tert-OH is 1. The molecule has 2 aromatic carbocycles. The van der Waals surface area contributed by atoms with Crippen LogP contribution in [0, 0.1) is 11.8 Å². The van der Waals surface area contributed by atoms with Crippen molar-refractivity contribution in [3.05, 3.63) is 41.5 Å². The fourth-order valence-electron chi connectivity index (χ4n) is 3.39. The maximum atomic E-state index is 10.8. The number of fused-ring (bicyclic) bond motifs is 1. The van der Waals surface area contributed by atoms with Gasteiger partial charge in [0.1, 0.15) is 12.0 Å². The second-order valence-electron chi connectivity index (χ2n) is 7.29. The second kappa shape index (κ2) is 11.7. The van der Waals surface area contributed by atoms with E-state index in [-0.39, 0.29) is 12.2 Å². The highest BCUT2D eigenvalue weighted by molar-refractivity contribution is 5.90. The zero-order chi connectivity index (χ0) is 20.4. The summed E-state index contributed by atoms with van der Waals surface area (Å²) in [5.74, 6) is 6.61. The largest absolute Gasteiger partial charge is 0.507 e. The van der Waals surface area contributed by atoms with E-state index in [0.717, 1.165) is 29.2 Å². The first kappa shape index (κ1) is 22.2. The minimum absolute atomic E-state index is 0.157. The van der Waals surface area contributed by atoms with Crippen molar-refractivity contribution >= 4 is 10.8 Å². The molecule has 4 heteroatoms. The molecule has 2 unspecified atom stereocenters. The van der Waals surface area contributed by atoms with Gasteiger partial charge in [0, 0.05) is 36.5 Å². The lowest BCUT2D eigenvalue weighted by Crippen LogP contribution is -2.22. The maximum Gasteiger partial charge on any atom is 0.129 e. The van der Waals surface area contributed by atoms with Crippen LogP contribution in [0.15, 0.2) is 30.3 Å². The monoisotopic (exact) mass is 383 g/mol. The fraction of sp³-hybridized carbons (Fsp3) is 0.500. The van der Waals surface area contributed by atoms with E-state index in [0.29, 0.717) is 5.56 Å². The molecule has 0 heterocycles. The molecule has 2 atom stereocenters. The van der Waals surface area contributed by atoms with Crippen LogP contribution < -0.4 is 5.73 Å². The number of ether oxygens (including phenoxy) is 1. The Labute approximate surface area is 168 Å². The number of nitrogens with two attached hydrogens (primary N) is 1. The van der Waals surface area contributed by atoms with Crippen molar-refractivity contribution in [2.24, 2.45) is 5.73 Å². The molecule has 0 saturated carbocycles. The fourth-order valence-corrected chi connectivity index (χ4v) is 3.39. The van der Waals surface area contributed by atoms with E-state index < -0.39 is 12.3 Å². The van der Waals surface area contributed by atoms with Crippen molar-refractivity contribution < 1.29 is 14.9 Å². The number of aromatic hydroxyl groups is 1. The van der Waals surface area contributed by atoms with Gasteiger partial charge in [-0.2, -0.15) is 0 Å². The molecule has 0 spiro atoms. The summed E-state index contributed by atoms with van der Waals surface area (Å²) < 4.78 is 5.41. The molecule has 152 valence electrons. The summed E-state index contributed by atoms with van der Waals surface area (Å²) >= 11 is 0. The highest BCUT2D eigenvalue weighted by atomic mass is 16.5. The first-order valence-electron chi connectivity index (χ1n) is 10.3. The third-order valence-electron chi connectivity index (χ3n) is 5.00. The smallest absolute Gasteiger partial charge is 0.129 e. The number of hydrogen-bond acceptors (Lipinski definition) is 4. The van der Waals surface area contributed by atoms with Gasteiger partial charge in [-0.15, -0.1) is 0 Å². The van der Waals surface area contributed by atoms with Gasteiger partial charge in [0.05, 0.1) is 6.10 Å². The van der Waals surface area contributed by atoms with Crippen LogP contribution in [-0.4, -0.2) is 23.6 Å². The summed E-state index contributed by atoms with van der Waals surface area (Å²) in [6.07, 6.45) is 7.23. The molecule has 2 rings (SSSR count). The van der Waals surface area contributed by atoms with Gasteiger partial charge in [-0.1, -0.05) is 69.1 Å². The number of hydrogen-bond donors (Lipinski definition) is 3. The molecule has 0 aliphatic rings. The minimum Gasteiger partial charge on any atom is -0.507 e. The summed E-state index contributed by atoms with van der Waals surface area (Å²) in [5, 5.41) is 21.9. The van der Waals surface area contributed by atoms with E-state index in [1.165, 1.54) is 32.1 Å². The van der Waals surface area contributed by atoms with Crippen LogP contribution in [-0.2, 0) is 4.74 Å². The predicted molar refractivity (Wildman–Crippen MR) is 115 cm³/mol. The Morgan fingerprint density at radius 1 is 1.07 bits per heavy atom. The minimum atomic E-state index is -1.00. The van der Waals surface area contributed by atoms with Gasteiger partial charge in [0.25, 0.3) is 0 Å². The lowest BCUT2D eigenvalue weighted by atomic mass is 9.98. The Morgan fingerprint density at radius 3 is 2.50 bits per heavy atom. The lowest BCUT2D eigenvalue weighted by Gasteiger charge is -2.19. The topological polar surface area (TPSA) is 75.7 Å². The van der Waals surface area contributed by atoms with Crippen molar-refractivity contribution in [2.75, 3.05) is 7.11 Å². The number of rotatable bonds is 10. The van der Waals surface area contributed by atoms with Crippen molar-refractivity contribution in [3.63, 3.8) is 0 Å². The van der Waals surface area contributed by atoms with Crippen molar-refractivity contribution in [3.8, 4) is 17.6 Å². The highest BCUT2D eigenvalue weighted by Crippen LogP contribution is 2.35. The Hall–Kier alpha value is -2.06. The van der Waals surface area contributed by atoms with Crippen molar-refractivity contribution in [2.45, 2.75) is 70.6 Å². The van der Waals surface area contributed by atoms with Gasteiger partial charge >= 0.3 is 0 Å². The summed E-state index contributed by atoms with van der Waals surface area (Å²) in [5.41, 5.74) is 6.99. The first-order chi connectivity index (χ1) is 13.6. The van der Waals surface area contributed by atoms with Crippen LogP contribution in [0.3, 0.4) is 0 Å². The lowest BCUT2D eigenvalue weighted by molar-refractivity contribution is 0.0457. The molecule has 0 aromatic heterocycles. The van der Waals surface area contributed by atoms with Crippen LogP contribution in [0.5, 0.6) is 5.75 Å². The van der Waals surface area contributed by atoms with E-state index in [2.05, 4.69) is 18.8 Å². The van der Waals surface area contributed by atoms with Gasteiger partial charge in [-0.3, -0.25) is 0 Å². The molecule has 0 aliphatic carbocycles. The van der Waals surface area contributed by atoms with Crippen LogP contribution >= 0.6 is 0 Å². The Balaban J connectivity index is 2.09. The quantitative estimate of drug-likeness (QED) is 0.306. The number of methoxy groups -OCH3 is 1. The van der Waals surface area contributed by atoms with Crippen molar-refractivity contribution in [1.82, 2.24) is 0 Å². The van der Waals surface area contributed by atoms with Gasteiger partial charge in [0.2, 0.25) is 0 Å². The van der Waals surface area contributed by atoms with Gasteiger partial charge in [0.15, 0.2) is 0 Å². The van der Waals surface area contributed by atoms with E-state index in [4.69, 9.17) is 10.5 Å². The Kier molecular flexibility index (Phi) is 9.30. The predicted octanol–water partition coefficient (Wildman–Crippen LogP) is 5.00. The molecular weight excluding hydrogens is 350 g/mol. The maximum absolute atomic E-state index is 10.8. The van der Waals surface area contributed by atoms with Crippen LogP contribution in [0.4, 0.5) is 0 Å². The van der Waals surface area contributed by atoms with E-state index in [1.807, 2.05) is 30.3 Å². The summed E-state index contributed by atoms with van der Waals surface area (Å²) in [7, 11) is 1.54. The number of phenols is 1. The standard InChI is InChI=1S/C24H33NO3/c1-3-4-5-6-7-8-9-10-11-18-12-13-19-14-15-20(24(27)21(19)16-18)22(28-2)17-23(25)26/h12-16,22-23,26-27H,3-9,17,25H2,1-2H3. The molecule has 0 fully saturated rings. The average molecular weight is 384 g/mol. The SMILES string of the molecule is CCCCCCCCC#Cc1ccc2ccc(C(CC(N)O)OC)c(O)c2c1. The molecule has 0 radical (unpaired) electrons. The van der Waals surface area contributed by atoms with Gasteiger partial charge in [-0.05, 0) is 23.9 Å². The Bertz CT molecular complexity index is 805. The van der Waals surface area contributed by atoms with Crippen LogP contribution in [0.1, 0.15) is 75.5 Å². The highest BCUT2D eigenvalue weighted by Gasteiger charge is 2.19. The second-order valence-corrected chi connectivity index (χ2v) is 7.29. The number of phenolic OH excluding ortho intramolecular Hbond substituents is 1. The van der Waals surface area contributed by atoms with Crippen LogP contribution in [0.2, 0.25) is 0 Å². The summed E-state index contributed by atoms with van der Waals surface area (Å²) in [4.78, 5) is 0.